The summed E-state index contributed by atoms with van der Waals surface area (Å²) in [7, 11) is 0. The van der Waals surface area contributed by atoms with Gasteiger partial charge in [0.25, 0.3) is 5.91 Å². The van der Waals surface area contributed by atoms with Gasteiger partial charge in [0.05, 0.1) is 17.2 Å². The first-order chi connectivity index (χ1) is 17.4. The molecule has 0 unspecified atom stereocenters. The zero-order valence-corrected chi connectivity index (χ0v) is 22.3. The highest BCUT2D eigenvalue weighted by Crippen LogP contribution is 2.38. The summed E-state index contributed by atoms with van der Waals surface area (Å²) in [5.41, 5.74) is 0.645. The Morgan fingerprint density at radius 2 is 2.03 bits per heavy atom. The summed E-state index contributed by atoms with van der Waals surface area (Å²) in [6.07, 6.45) is 10.2. The minimum Gasteiger partial charge on any atom is -0.433 e. The molecule has 0 atom stereocenters. The molecule has 1 aliphatic carbocycles. The number of benzene rings is 1. The second kappa shape index (κ2) is 11.3. The summed E-state index contributed by atoms with van der Waals surface area (Å²) in [6.45, 7) is 7.36. The predicted molar refractivity (Wildman–Crippen MR) is 139 cm³/mol. The summed E-state index contributed by atoms with van der Waals surface area (Å²) in [6, 6.07) is 7.52. The van der Waals surface area contributed by atoms with Crippen LogP contribution in [0.1, 0.15) is 87.9 Å². The number of halogens is 2. The van der Waals surface area contributed by atoms with Gasteiger partial charge in [-0.3, -0.25) is 9.36 Å². The van der Waals surface area contributed by atoms with Crippen LogP contribution in [-0.4, -0.2) is 28.6 Å². The van der Waals surface area contributed by atoms with Crippen LogP contribution in [0.15, 0.2) is 18.2 Å². The Morgan fingerprint density at radius 3 is 2.57 bits per heavy atom. The van der Waals surface area contributed by atoms with Gasteiger partial charge in [-0.15, -0.1) is 6.42 Å². The third-order valence-corrected chi connectivity index (χ3v) is 6.89. The number of rotatable bonds is 8. The lowest BCUT2D eigenvalue weighted by atomic mass is 9.72. The fraction of sp³-hybridized carbons (Fsp3) is 0.552. The van der Waals surface area contributed by atoms with E-state index in [2.05, 4.69) is 50.0 Å². The van der Waals surface area contributed by atoms with Crippen LogP contribution in [-0.2, 0) is 12.8 Å². The molecule has 1 aliphatic rings. The molecule has 1 aromatic carbocycles. The van der Waals surface area contributed by atoms with E-state index < -0.39 is 17.9 Å². The van der Waals surface area contributed by atoms with Crippen LogP contribution in [0.3, 0.4) is 0 Å². The van der Waals surface area contributed by atoms with E-state index in [0.29, 0.717) is 30.3 Å². The molecule has 0 spiro atoms. The highest BCUT2D eigenvalue weighted by molar-refractivity contribution is 5.95. The van der Waals surface area contributed by atoms with Crippen LogP contribution in [0.25, 0.3) is 5.69 Å². The summed E-state index contributed by atoms with van der Waals surface area (Å²) < 4.78 is 33.2. The maximum absolute atomic E-state index is 13.4. The van der Waals surface area contributed by atoms with Crippen molar-refractivity contribution in [3.8, 4) is 29.8 Å². The van der Waals surface area contributed by atoms with Crippen molar-refractivity contribution < 1.29 is 18.3 Å². The van der Waals surface area contributed by atoms with Gasteiger partial charge in [0.15, 0.2) is 5.69 Å². The van der Waals surface area contributed by atoms with Gasteiger partial charge < -0.3 is 10.1 Å². The summed E-state index contributed by atoms with van der Waals surface area (Å²) in [5.74, 6) is 3.01. The average molecular weight is 511 g/mol. The number of hydrogen-bond acceptors (Lipinski definition) is 4. The number of nitrogens with one attached hydrogen (secondary N) is 1. The Kier molecular flexibility index (Phi) is 8.64. The smallest absolute Gasteiger partial charge is 0.387 e. The van der Waals surface area contributed by atoms with E-state index in [0.717, 1.165) is 31.2 Å². The van der Waals surface area contributed by atoms with E-state index >= 15 is 0 Å². The molecule has 1 amide bonds. The standard InChI is InChI=1S/C29H36F2N4O2/c1-7-21-25(26(36)33-18-29(17-32)13-11-19(3)12-14-29)34-24(8-2)35(21)22-10-9-20(16-28(4,5)6)15-23(22)37-27(30)31/h1,9-10,15,19,27H,8,11-14,16,18H2,2-6H3,(H,33,36). The molecule has 0 saturated heterocycles. The molecule has 0 bridgehead atoms. The number of terminal acetylenes is 1. The molecule has 37 heavy (non-hydrogen) atoms. The number of alkyl halides is 2. The van der Waals surface area contributed by atoms with E-state index in [1.165, 1.54) is 4.57 Å². The lowest BCUT2D eigenvalue weighted by Crippen LogP contribution is -2.39. The van der Waals surface area contributed by atoms with Crippen molar-refractivity contribution in [1.29, 1.82) is 5.26 Å². The molecule has 6 nitrogen and oxygen atoms in total. The van der Waals surface area contributed by atoms with Crippen molar-refractivity contribution in [1.82, 2.24) is 14.9 Å². The van der Waals surface area contributed by atoms with Crippen molar-refractivity contribution in [3.05, 3.63) is 41.0 Å². The topological polar surface area (TPSA) is 79.9 Å². The van der Waals surface area contributed by atoms with E-state index in [9.17, 15) is 18.8 Å². The molecule has 1 aromatic heterocycles. The van der Waals surface area contributed by atoms with Crippen molar-refractivity contribution in [2.75, 3.05) is 6.54 Å². The Hall–Kier alpha value is -3.39. The van der Waals surface area contributed by atoms with Gasteiger partial charge in [-0.25, -0.2) is 4.98 Å². The van der Waals surface area contributed by atoms with Gasteiger partial charge >= 0.3 is 6.61 Å². The Bertz CT molecular complexity index is 1210. The summed E-state index contributed by atoms with van der Waals surface area (Å²) >= 11 is 0. The summed E-state index contributed by atoms with van der Waals surface area (Å²) in [5, 5.41) is 12.7. The normalized spacial score (nSPS) is 19.8. The highest BCUT2D eigenvalue weighted by atomic mass is 19.3. The first-order valence-corrected chi connectivity index (χ1v) is 12.8. The number of imidazole rings is 1. The largest absolute Gasteiger partial charge is 0.433 e. The SMILES string of the molecule is C#Cc1c(C(=O)NCC2(C#N)CCC(C)CC2)nc(CC)n1-c1ccc(CC(C)(C)C)cc1OC(F)F. The fourth-order valence-electron chi connectivity index (χ4n) is 4.89. The number of nitriles is 1. The number of aromatic nitrogens is 2. The van der Waals surface area contributed by atoms with Gasteiger partial charge in [-0.2, -0.15) is 14.0 Å². The molecule has 1 N–H and O–H groups in total. The van der Waals surface area contributed by atoms with Gasteiger partial charge in [0.2, 0.25) is 0 Å². The van der Waals surface area contributed by atoms with Gasteiger partial charge in [-0.05, 0) is 67.1 Å². The van der Waals surface area contributed by atoms with Crippen molar-refractivity contribution in [2.24, 2.45) is 16.7 Å². The van der Waals surface area contributed by atoms with Crippen LogP contribution in [0.2, 0.25) is 0 Å². The molecule has 1 fully saturated rings. The van der Waals surface area contributed by atoms with Gasteiger partial charge in [0.1, 0.15) is 17.3 Å². The van der Waals surface area contributed by atoms with Crippen molar-refractivity contribution in [2.45, 2.75) is 79.8 Å². The van der Waals surface area contributed by atoms with Gasteiger partial charge in [-0.1, -0.05) is 40.7 Å². The second-order valence-electron chi connectivity index (χ2n) is 11.2. The molecule has 3 rings (SSSR count). The van der Waals surface area contributed by atoms with E-state index in [-0.39, 0.29) is 29.1 Å². The molecular formula is C29H36F2N4O2. The van der Waals surface area contributed by atoms with Crippen LogP contribution in [0.4, 0.5) is 8.78 Å². The third-order valence-electron chi connectivity index (χ3n) is 6.89. The number of nitrogens with zero attached hydrogens (tertiary/aromatic N) is 3. The minimum absolute atomic E-state index is 0.0263. The third kappa shape index (κ3) is 6.68. The Morgan fingerprint density at radius 1 is 1.35 bits per heavy atom. The molecular weight excluding hydrogens is 474 g/mol. The van der Waals surface area contributed by atoms with Crippen molar-refractivity contribution >= 4 is 5.91 Å². The molecule has 198 valence electrons. The Balaban J connectivity index is 1.99. The van der Waals surface area contributed by atoms with E-state index in [4.69, 9.17) is 11.2 Å². The number of hydrogen-bond donors (Lipinski definition) is 1. The number of aryl methyl sites for hydroxylation is 1. The van der Waals surface area contributed by atoms with Crippen LogP contribution in [0.5, 0.6) is 5.75 Å². The number of carbonyl (C=O) groups excluding carboxylic acids is 1. The van der Waals surface area contributed by atoms with Gasteiger partial charge in [0, 0.05) is 13.0 Å². The first-order valence-electron chi connectivity index (χ1n) is 12.8. The predicted octanol–water partition coefficient (Wildman–Crippen LogP) is 6.06. The first kappa shape index (κ1) is 28.2. The lowest BCUT2D eigenvalue weighted by Gasteiger charge is -2.33. The average Bonchev–Trinajstić information content (AvgIpc) is 3.21. The zero-order chi connectivity index (χ0) is 27.4. The second-order valence-corrected chi connectivity index (χ2v) is 11.2. The maximum Gasteiger partial charge on any atom is 0.387 e. The molecule has 0 aliphatic heterocycles. The van der Waals surface area contributed by atoms with E-state index in [1.54, 1.807) is 12.1 Å². The monoisotopic (exact) mass is 510 g/mol. The molecule has 8 heteroatoms. The molecule has 0 radical (unpaired) electrons. The van der Waals surface area contributed by atoms with Crippen molar-refractivity contribution in [3.63, 3.8) is 0 Å². The van der Waals surface area contributed by atoms with E-state index in [1.807, 2.05) is 13.0 Å². The van der Waals surface area contributed by atoms with Crippen LogP contribution in [0, 0.1) is 40.4 Å². The van der Waals surface area contributed by atoms with Crippen LogP contribution >= 0.6 is 0 Å². The molecule has 2 aromatic rings. The quantitative estimate of drug-likeness (QED) is 0.438. The lowest BCUT2D eigenvalue weighted by molar-refractivity contribution is -0.0499. The fourth-order valence-corrected chi connectivity index (χ4v) is 4.89. The molecule has 1 heterocycles. The zero-order valence-electron chi connectivity index (χ0n) is 22.3. The van der Waals surface area contributed by atoms with Crippen LogP contribution < -0.4 is 10.1 Å². The maximum atomic E-state index is 13.4. The minimum atomic E-state index is -3.03. The number of carbonyl (C=O) groups is 1. The number of ether oxygens (including phenoxy) is 1. The number of amides is 1. The Labute approximate surface area is 218 Å². The molecule has 1 saturated carbocycles. The highest BCUT2D eigenvalue weighted by Gasteiger charge is 2.35. The summed E-state index contributed by atoms with van der Waals surface area (Å²) in [4.78, 5) is 17.7.